The first-order chi connectivity index (χ1) is 8.13. The van der Waals surface area contributed by atoms with Crippen molar-refractivity contribution in [2.45, 2.75) is 6.42 Å². The van der Waals surface area contributed by atoms with E-state index in [1.54, 1.807) is 42.5 Å². The van der Waals surface area contributed by atoms with Gasteiger partial charge in [0.2, 0.25) is 5.91 Å². The second-order valence-corrected chi connectivity index (χ2v) is 4.00. The van der Waals surface area contributed by atoms with Gasteiger partial charge in [0.15, 0.2) is 0 Å². The summed E-state index contributed by atoms with van der Waals surface area (Å²) >= 11 is 5.66. The number of aromatic nitrogens is 3. The van der Waals surface area contributed by atoms with Crippen LogP contribution in [0.5, 0.6) is 0 Å². The number of carbonyl (C=O) groups excluding carboxylic acids is 1. The van der Waals surface area contributed by atoms with E-state index < -0.39 is 0 Å². The van der Waals surface area contributed by atoms with E-state index in [0.29, 0.717) is 10.8 Å². The Morgan fingerprint density at radius 3 is 2.88 bits per heavy atom. The maximum Gasteiger partial charge on any atom is 0.228 e. The topological polar surface area (TPSA) is 59.8 Å². The van der Waals surface area contributed by atoms with Gasteiger partial charge in [-0.2, -0.15) is 5.10 Å². The minimum atomic E-state index is -0.109. The Morgan fingerprint density at radius 2 is 2.29 bits per heavy atom. The summed E-state index contributed by atoms with van der Waals surface area (Å²) in [5.74, 6) is -0.109. The molecule has 1 N–H and O–H groups in total. The molecule has 2 aromatic rings. The second-order valence-electron chi connectivity index (χ2n) is 3.62. The summed E-state index contributed by atoms with van der Waals surface area (Å²) in [5.41, 5.74) is 1.50. The van der Waals surface area contributed by atoms with Gasteiger partial charge in [-0.25, -0.2) is 4.98 Å². The number of aryl methyl sites for hydroxylation is 1. The third kappa shape index (κ3) is 3.29. The zero-order valence-corrected chi connectivity index (χ0v) is 9.98. The van der Waals surface area contributed by atoms with Crippen molar-refractivity contribution in [1.82, 2.24) is 14.8 Å². The van der Waals surface area contributed by atoms with E-state index in [1.807, 2.05) is 0 Å². The van der Waals surface area contributed by atoms with E-state index in [4.69, 9.17) is 11.6 Å². The van der Waals surface area contributed by atoms with Crippen LogP contribution in [-0.4, -0.2) is 20.7 Å². The molecular formula is C11H11ClN4O. The SMILES string of the molecule is Cn1cc(NC(=O)Cc2ccc(Cl)nc2)cn1. The average Bonchev–Trinajstić information content (AvgIpc) is 2.67. The fraction of sp³-hybridized carbons (Fsp3) is 0.182. The molecule has 88 valence electrons. The molecule has 0 saturated carbocycles. The van der Waals surface area contributed by atoms with Crippen LogP contribution in [0.4, 0.5) is 5.69 Å². The highest BCUT2D eigenvalue weighted by Gasteiger charge is 2.05. The summed E-state index contributed by atoms with van der Waals surface area (Å²) in [5, 5.41) is 7.12. The third-order valence-corrected chi connectivity index (χ3v) is 2.37. The summed E-state index contributed by atoms with van der Waals surface area (Å²) < 4.78 is 1.62. The predicted octanol–water partition coefficient (Wildman–Crippen LogP) is 1.65. The van der Waals surface area contributed by atoms with Crippen molar-refractivity contribution in [2.24, 2.45) is 7.05 Å². The van der Waals surface area contributed by atoms with Gasteiger partial charge in [-0.05, 0) is 11.6 Å². The van der Waals surface area contributed by atoms with E-state index in [0.717, 1.165) is 5.56 Å². The first kappa shape index (κ1) is 11.6. The third-order valence-electron chi connectivity index (χ3n) is 2.14. The van der Waals surface area contributed by atoms with Crippen LogP contribution in [0, 0.1) is 0 Å². The van der Waals surface area contributed by atoms with Crippen molar-refractivity contribution in [1.29, 1.82) is 0 Å². The summed E-state index contributed by atoms with van der Waals surface area (Å²) in [6.07, 6.45) is 5.18. The maximum absolute atomic E-state index is 11.7. The number of pyridine rings is 1. The second kappa shape index (κ2) is 4.97. The fourth-order valence-electron chi connectivity index (χ4n) is 1.39. The largest absolute Gasteiger partial charge is 0.323 e. The molecule has 1 amide bonds. The zero-order chi connectivity index (χ0) is 12.3. The van der Waals surface area contributed by atoms with Gasteiger partial charge in [0.1, 0.15) is 5.15 Å². The molecule has 5 nitrogen and oxygen atoms in total. The Morgan fingerprint density at radius 1 is 1.47 bits per heavy atom. The first-order valence-electron chi connectivity index (χ1n) is 5.02. The fourth-order valence-corrected chi connectivity index (χ4v) is 1.50. The van der Waals surface area contributed by atoms with Crippen molar-refractivity contribution in [3.8, 4) is 0 Å². The Hall–Kier alpha value is -1.88. The molecule has 0 atom stereocenters. The van der Waals surface area contributed by atoms with E-state index in [-0.39, 0.29) is 12.3 Å². The number of nitrogens with one attached hydrogen (secondary N) is 1. The van der Waals surface area contributed by atoms with Crippen molar-refractivity contribution < 1.29 is 4.79 Å². The van der Waals surface area contributed by atoms with Crippen LogP contribution in [0.25, 0.3) is 0 Å². The van der Waals surface area contributed by atoms with Crippen molar-refractivity contribution in [3.05, 3.63) is 41.4 Å². The van der Waals surface area contributed by atoms with Gasteiger partial charge < -0.3 is 5.32 Å². The smallest absolute Gasteiger partial charge is 0.228 e. The number of rotatable bonds is 3. The van der Waals surface area contributed by atoms with Gasteiger partial charge in [0, 0.05) is 19.4 Å². The van der Waals surface area contributed by atoms with Gasteiger partial charge in [-0.15, -0.1) is 0 Å². The molecule has 2 rings (SSSR count). The van der Waals surface area contributed by atoms with Crippen LogP contribution >= 0.6 is 11.6 Å². The maximum atomic E-state index is 11.7. The number of halogens is 1. The van der Waals surface area contributed by atoms with Crippen LogP contribution in [0.3, 0.4) is 0 Å². The molecule has 0 bridgehead atoms. The van der Waals surface area contributed by atoms with Crippen molar-refractivity contribution in [3.63, 3.8) is 0 Å². The molecule has 0 unspecified atom stereocenters. The summed E-state index contributed by atoms with van der Waals surface area (Å²) in [6, 6.07) is 3.44. The highest BCUT2D eigenvalue weighted by molar-refractivity contribution is 6.29. The monoisotopic (exact) mass is 250 g/mol. The lowest BCUT2D eigenvalue weighted by molar-refractivity contribution is -0.115. The van der Waals surface area contributed by atoms with Crippen LogP contribution < -0.4 is 5.32 Å². The lowest BCUT2D eigenvalue weighted by atomic mass is 10.2. The molecule has 0 aromatic carbocycles. The number of nitrogens with zero attached hydrogens (tertiary/aromatic N) is 3. The normalized spacial score (nSPS) is 10.2. The number of hydrogen-bond acceptors (Lipinski definition) is 3. The Balaban J connectivity index is 1.95. The minimum absolute atomic E-state index is 0.109. The lowest BCUT2D eigenvalue weighted by Gasteiger charge is -2.02. The van der Waals surface area contributed by atoms with E-state index in [1.165, 1.54) is 0 Å². The standard InChI is InChI=1S/C11H11ClN4O/c1-16-7-9(6-14-16)15-11(17)4-8-2-3-10(12)13-5-8/h2-3,5-7H,4H2,1H3,(H,15,17). The van der Waals surface area contributed by atoms with Crippen LogP contribution in [-0.2, 0) is 18.3 Å². The van der Waals surface area contributed by atoms with Crippen molar-refractivity contribution >= 4 is 23.2 Å². The molecule has 2 heterocycles. The highest BCUT2D eigenvalue weighted by atomic mass is 35.5. The molecule has 0 aliphatic heterocycles. The van der Waals surface area contributed by atoms with E-state index in [9.17, 15) is 4.79 Å². The predicted molar refractivity (Wildman–Crippen MR) is 64.8 cm³/mol. The quantitative estimate of drug-likeness (QED) is 0.843. The van der Waals surface area contributed by atoms with Gasteiger partial charge in [0.05, 0.1) is 18.3 Å². The van der Waals surface area contributed by atoms with Crippen molar-refractivity contribution in [2.75, 3.05) is 5.32 Å². The van der Waals surface area contributed by atoms with E-state index in [2.05, 4.69) is 15.4 Å². The lowest BCUT2D eigenvalue weighted by Crippen LogP contribution is -2.14. The van der Waals surface area contributed by atoms with Gasteiger partial charge in [-0.3, -0.25) is 9.48 Å². The molecule has 0 aliphatic rings. The van der Waals surface area contributed by atoms with Crippen LogP contribution in [0.1, 0.15) is 5.56 Å². The average molecular weight is 251 g/mol. The minimum Gasteiger partial charge on any atom is -0.323 e. The number of amides is 1. The Bertz CT molecular complexity index is 521. The molecule has 2 aromatic heterocycles. The zero-order valence-electron chi connectivity index (χ0n) is 9.22. The van der Waals surface area contributed by atoms with E-state index >= 15 is 0 Å². The molecule has 0 radical (unpaired) electrons. The summed E-state index contributed by atoms with van der Waals surface area (Å²) in [6.45, 7) is 0. The Labute approximate surface area is 103 Å². The summed E-state index contributed by atoms with van der Waals surface area (Å²) in [7, 11) is 1.79. The molecule has 0 saturated heterocycles. The molecule has 0 fully saturated rings. The molecule has 17 heavy (non-hydrogen) atoms. The molecule has 0 spiro atoms. The van der Waals surface area contributed by atoms with Gasteiger partial charge >= 0.3 is 0 Å². The molecular weight excluding hydrogens is 240 g/mol. The van der Waals surface area contributed by atoms with Crippen LogP contribution in [0.2, 0.25) is 5.15 Å². The van der Waals surface area contributed by atoms with Gasteiger partial charge in [-0.1, -0.05) is 17.7 Å². The Kier molecular flexibility index (Phi) is 3.39. The molecule has 6 heteroatoms. The number of carbonyl (C=O) groups is 1. The highest BCUT2D eigenvalue weighted by Crippen LogP contribution is 2.08. The first-order valence-corrected chi connectivity index (χ1v) is 5.40. The number of hydrogen-bond donors (Lipinski definition) is 1. The van der Waals surface area contributed by atoms with Gasteiger partial charge in [0.25, 0.3) is 0 Å². The summed E-state index contributed by atoms with van der Waals surface area (Å²) in [4.78, 5) is 15.6. The van der Waals surface area contributed by atoms with Crippen LogP contribution in [0.15, 0.2) is 30.7 Å². The number of anilines is 1. The molecule has 0 aliphatic carbocycles.